The maximum atomic E-state index is 12.9. The molecule has 2 rings (SSSR count). The summed E-state index contributed by atoms with van der Waals surface area (Å²) >= 11 is 0. The van der Waals surface area contributed by atoms with Crippen molar-refractivity contribution in [3.8, 4) is 5.69 Å². The van der Waals surface area contributed by atoms with Crippen LogP contribution in [-0.2, 0) is 6.42 Å². The molecule has 0 aliphatic carbocycles. The van der Waals surface area contributed by atoms with Gasteiger partial charge in [-0.2, -0.15) is 5.10 Å². The van der Waals surface area contributed by atoms with E-state index in [1.165, 1.54) is 12.1 Å². The van der Waals surface area contributed by atoms with Crippen LogP contribution in [0.5, 0.6) is 0 Å². The second-order valence-electron chi connectivity index (χ2n) is 5.43. The largest absolute Gasteiger partial charge is 0.356 e. The molecule has 1 unspecified atom stereocenters. The van der Waals surface area contributed by atoms with Gasteiger partial charge in [-0.25, -0.2) is 9.07 Å². The number of aliphatic imine (C=N–C) groups is 1. The summed E-state index contributed by atoms with van der Waals surface area (Å²) in [6, 6.07) is 8.64. The topological polar surface area (TPSA) is 54.2 Å². The van der Waals surface area contributed by atoms with E-state index >= 15 is 0 Å². The van der Waals surface area contributed by atoms with Gasteiger partial charge in [0.15, 0.2) is 5.96 Å². The number of benzene rings is 1. The van der Waals surface area contributed by atoms with Crippen LogP contribution in [0.15, 0.2) is 41.5 Å². The van der Waals surface area contributed by atoms with Crippen molar-refractivity contribution in [3.05, 3.63) is 48.0 Å². The normalized spacial score (nSPS) is 13.0. The molecule has 0 amide bonds. The molecule has 124 valence electrons. The first-order chi connectivity index (χ1) is 11.1. The van der Waals surface area contributed by atoms with Crippen molar-refractivity contribution in [2.24, 2.45) is 4.99 Å². The first-order valence-electron chi connectivity index (χ1n) is 7.90. The minimum atomic E-state index is -0.245. The summed E-state index contributed by atoms with van der Waals surface area (Å²) in [5.41, 5.74) is 1.82. The lowest BCUT2D eigenvalue weighted by atomic mass is 10.3. The van der Waals surface area contributed by atoms with E-state index in [2.05, 4.69) is 34.6 Å². The summed E-state index contributed by atoms with van der Waals surface area (Å²) in [7, 11) is 1.76. The third-order valence-electron chi connectivity index (χ3n) is 3.63. The first kappa shape index (κ1) is 17.0. The van der Waals surface area contributed by atoms with Gasteiger partial charge in [0.25, 0.3) is 0 Å². The van der Waals surface area contributed by atoms with Gasteiger partial charge in [-0.05, 0) is 43.7 Å². The Morgan fingerprint density at radius 3 is 2.70 bits per heavy atom. The predicted octanol–water partition coefficient (Wildman–Crippen LogP) is 2.52. The molecule has 6 heteroatoms. The average Bonchev–Trinajstić information content (AvgIpc) is 3.03. The number of halogens is 1. The Morgan fingerprint density at radius 1 is 1.30 bits per heavy atom. The van der Waals surface area contributed by atoms with Crippen LogP contribution >= 0.6 is 0 Å². The highest BCUT2D eigenvalue weighted by molar-refractivity contribution is 5.79. The molecule has 0 fully saturated rings. The van der Waals surface area contributed by atoms with E-state index in [1.54, 1.807) is 23.9 Å². The zero-order chi connectivity index (χ0) is 16.7. The molecule has 1 aromatic carbocycles. The fourth-order valence-electron chi connectivity index (χ4n) is 2.07. The van der Waals surface area contributed by atoms with Crippen molar-refractivity contribution in [2.75, 3.05) is 13.6 Å². The number of hydrogen-bond donors (Lipinski definition) is 2. The Balaban J connectivity index is 1.86. The average molecular weight is 317 g/mol. The molecule has 0 aliphatic heterocycles. The zero-order valence-electron chi connectivity index (χ0n) is 13.9. The summed E-state index contributed by atoms with van der Waals surface area (Å²) in [6.45, 7) is 5.00. The maximum absolute atomic E-state index is 12.9. The van der Waals surface area contributed by atoms with Crippen LogP contribution in [-0.4, -0.2) is 35.4 Å². The van der Waals surface area contributed by atoms with Crippen LogP contribution in [0.4, 0.5) is 4.39 Å². The summed E-state index contributed by atoms with van der Waals surface area (Å²) < 4.78 is 14.7. The smallest absolute Gasteiger partial charge is 0.191 e. The molecule has 2 N–H and O–H groups in total. The Labute approximate surface area is 136 Å². The highest BCUT2D eigenvalue weighted by atomic mass is 19.1. The van der Waals surface area contributed by atoms with Crippen molar-refractivity contribution in [1.82, 2.24) is 20.4 Å². The van der Waals surface area contributed by atoms with Gasteiger partial charge in [-0.15, -0.1) is 0 Å². The number of nitrogens with zero attached hydrogens (tertiary/aromatic N) is 3. The van der Waals surface area contributed by atoms with Crippen LogP contribution in [0, 0.1) is 5.82 Å². The van der Waals surface area contributed by atoms with Gasteiger partial charge in [0.05, 0.1) is 11.4 Å². The summed E-state index contributed by atoms with van der Waals surface area (Å²) in [6.07, 6.45) is 3.72. The van der Waals surface area contributed by atoms with E-state index in [9.17, 15) is 4.39 Å². The third-order valence-corrected chi connectivity index (χ3v) is 3.63. The Hall–Kier alpha value is -2.37. The molecular weight excluding hydrogens is 293 g/mol. The zero-order valence-corrected chi connectivity index (χ0v) is 13.9. The van der Waals surface area contributed by atoms with E-state index < -0.39 is 0 Å². The molecule has 1 aromatic heterocycles. The van der Waals surface area contributed by atoms with E-state index in [4.69, 9.17) is 0 Å². The Morgan fingerprint density at radius 2 is 2.04 bits per heavy atom. The van der Waals surface area contributed by atoms with E-state index in [0.29, 0.717) is 6.04 Å². The van der Waals surface area contributed by atoms with Crippen molar-refractivity contribution in [3.63, 3.8) is 0 Å². The lowest BCUT2D eigenvalue weighted by Gasteiger charge is -2.16. The third kappa shape index (κ3) is 5.09. The quantitative estimate of drug-likeness (QED) is 0.636. The fraction of sp³-hybridized carbons (Fsp3) is 0.412. The lowest BCUT2D eigenvalue weighted by Crippen LogP contribution is -2.42. The molecule has 0 saturated carbocycles. The minimum absolute atomic E-state index is 0.245. The SMILES string of the molecule is CCC(C)NC(=NC)NCCc1ccn(-c2ccc(F)cc2)n1. The van der Waals surface area contributed by atoms with Gasteiger partial charge in [-0.1, -0.05) is 6.92 Å². The highest BCUT2D eigenvalue weighted by Gasteiger charge is 2.04. The predicted molar refractivity (Wildman–Crippen MR) is 91.5 cm³/mol. The van der Waals surface area contributed by atoms with Gasteiger partial charge >= 0.3 is 0 Å². The van der Waals surface area contributed by atoms with Crippen molar-refractivity contribution in [2.45, 2.75) is 32.7 Å². The minimum Gasteiger partial charge on any atom is -0.356 e. The molecule has 5 nitrogen and oxygen atoms in total. The van der Waals surface area contributed by atoms with Gasteiger partial charge in [0, 0.05) is 32.3 Å². The fourth-order valence-corrected chi connectivity index (χ4v) is 2.07. The summed E-state index contributed by atoms with van der Waals surface area (Å²) in [4.78, 5) is 4.20. The molecule has 0 radical (unpaired) electrons. The molecule has 0 bridgehead atoms. The summed E-state index contributed by atoms with van der Waals surface area (Å²) in [5, 5.41) is 11.1. The number of guanidine groups is 1. The van der Waals surface area contributed by atoms with E-state index in [0.717, 1.165) is 36.7 Å². The van der Waals surface area contributed by atoms with Crippen LogP contribution in [0.1, 0.15) is 26.0 Å². The van der Waals surface area contributed by atoms with Crippen LogP contribution < -0.4 is 10.6 Å². The molecule has 1 atom stereocenters. The molecule has 0 spiro atoms. The number of nitrogens with one attached hydrogen (secondary N) is 2. The highest BCUT2D eigenvalue weighted by Crippen LogP contribution is 2.09. The van der Waals surface area contributed by atoms with E-state index in [1.807, 2.05) is 12.3 Å². The molecule has 0 saturated heterocycles. The monoisotopic (exact) mass is 317 g/mol. The molecule has 23 heavy (non-hydrogen) atoms. The van der Waals surface area contributed by atoms with Crippen molar-refractivity contribution < 1.29 is 4.39 Å². The van der Waals surface area contributed by atoms with Gasteiger partial charge in [-0.3, -0.25) is 4.99 Å². The standard InChI is InChI=1S/C17H24FN5/c1-4-13(2)21-17(19-3)20-11-9-15-10-12-23(22-15)16-7-5-14(18)6-8-16/h5-8,10,12-13H,4,9,11H2,1-3H3,(H2,19,20,21). The Kier molecular flexibility index (Phi) is 6.14. The lowest BCUT2D eigenvalue weighted by molar-refractivity contribution is 0.623. The van der Waals surface area contributed by atoms with Crippen LogP contribution in [0.25, 0.3) is 5.69 Å². The van der Waals surface area contributed by atoms with Gasteiger partial charge in [0.2, 0.25) is 0 Å². The van der Waals surface area contributed by atoms with Crippen LogP contribution in [0.2, 0.25) is 0 Å². The van der Waals surface area contributed by atoms with Gasteiger partial charge in [0.1, 0.15) is 5.82 Å². The van der Waals surface area contributed by atoms with Crippen molar-refractivity contribution in [1.29, 1.82) is 0 Å². The number of rotatable bonds is 6. The van der Waals surface area contributed by atoms with Crippen molar-refractivity contribution >= 4 is 5.96 Å². The van der Waals surface area contributed by atoms with Crippen LogP contribution in [0.3, 0.4) is 0 Å². The molecule has 2 aromatic rings. The molecular formula is C17H24FN5. The summed E-state index contributed by atoms with van der Waals surface area (Å²) in [5.74, 6) is 0.558. The number of hydrogen-bond acceptors (Lipinski definition) is 2. The second kappa shape index (κ2) is 8.31. The second-order valence-corrected chi connectivity index (χ2v) is 5.43. The van der Waals surface area contributed by atoms with Gasteiger partial charge < -0.3 is 10.6 Å². The number of aromatic nitrogens is 2. The van der Waals surface area contributed by atoms with E-state index in [-0.39, 0.29) is 5.82 Å². The first-order valence-corrected chi connectivity index (χ1v) is 7.90. The molecule has 0 aliphatic rings. The molecule has 1 heterocycles. The maximum Gasteiger partial charge on any atom is 0.191 e. The Bertz CT molecular complexity index is 633.